The molecule has 0 spiro atoms. The number of fused-ring (bicyclic) bond motifs is 2. The van der Waals surface area contributed by atoms with Crippen LogP contribution in [0.1, 0.15) is 41.0 Å². The first-order chi connectivity index (χ1) is 18.9. The molecule has 3 aromatic rings. The van der Waals surface area contributed by atoms with Crippen molar-refractivity contribution in [2.75, 3.05) is 12.3 Å². The molecule has 3 heterocycles. The molecule has 6 N–H and O–H groups in total. The zero-order valence-electron chi connectivity index (χ0n) is 21.6. The Morgan fingerprint density at radius 3 is 2.67 bits per heavy atom. The highest BCUT2D eigenvalue weighted by Gasteiger charge is 2.47. The number of ketones is 1. The Morgan fingerprint density at radius 2 is 1.90 bits per heavy atom. The quantitative estimate of drug-likeness (QED) is 0.127. The molecule has 1 amide bonds. The molecule has 11 heteroatoms. The number of aromatic nitrogens is 1. The van der Waals surface area contributed by atoms with Crippen molar-refractivity contribution in [3.8, 4) is 0 Å². The maximum absolute atomic E-state index is 13.7. The van der Waals surface area contributed by atoms with Crippen LogP contribution in [0.5, 0.6) is 0 Å². The van der Waals surface area contributed by atoms with E-state index in [2.05, 4.69) is 27.4 Å². The van der Waals surface area contributed by atoms with Gasteiger partial charge in [0.05, 0.1) is 21.6 Å². The summed E-state index contributed by atoms with van der Waals surface area (Å²) < 4.78 is 0.919. The van der Waals surface area contributed by atoms with Crippen LogP contribution in [-0.4, -0.2) is 68.6 Å². The molecule has 2 saturated heterocycles. The molecule has 2 aromatic carbocycles. The molecule has 2 aliphatic heterocycles. The van der Waals surface area contributed by atoms with Crippen molar-refractivity contribution >= 4 is 51.0 Å². The Hall–Kier alpha value is -2.99. The molecule has 1 aromatic heterocycles. The maximum atomic E-state index is 13.7. The number of aliphatic hydroxyl groups is 1. The number of benzene rings is 2. The minimum atomic E-state index is -0.765. The van der Waals surface area contributed by atoms with Crippen LogP contribution >= 0.6 is 23.1 Å². The second-order valence-corrected chi connectivity index (χ2v) is 12.3. The van der Waals surface area contributed by atoms with Gasteiger partial charge in [-0.15, -0.1) is 23.1 Å². The second-order valence-electron chi connectivity index (χ2n) is 10.1. The summed E-state index contributed by atoms with van der Waals surface area (Å²) in [5.74, 6) is 0.133. The van der Waals surface area contributed by atoms with Gasteiger partial charge in [0.1, 0.15) is 12.3 Å². The highest BCUT2D eigenvalue weighted by atomic mass is 32.2. The number of hydrogen-bond donors (Lipinski definition) is 4. The first-order valence-electron chi connectivity index (χ1n) is 13.3. The Balaban J connectivity index is 1.30. The molecule has 5 rings (SSSR count). The number of aliphatic hydroxyl groups excluding tert-OH is 1. The zero-order chi connectivity index (χ0) is 27.4. The van der Waals surface area contributed by atoms with Crippen LogP contribution in [0.25, 0.3) is 10.2 Å². The van der Waals surface area contributed by atoms with E-state index in [1.165, 1.54) is 16.9 Å². The standard InChI is InChI=1S/C28H34N6O3S2/c29-28(30)31-14-6-10-20(24(35)26-33-19-9-4-5-11-22(19)39-26)32-25(36)21-16-38-23-13-12-18(27(37)34(21)23)15-17-7-2-1-3-8-17/h1-5,7-9,11,18,20-21,23,27,37H,6,10,12-16H2,(H,32,36)(H4,29,30,31)/t18?,20?,21-,23-,27?/m0/s1. The predicted molar refractivity (Wildman–Crippen MR) is 157 cm³/mol. The van der Waals surface area contributed by atoms with E-state index in [0.29, 0.717) is 30.1 Å². The molecule has 9 nitrogen and oxygen atoms in total. The van der Waals surface area contributed by atoms with Crippen LogP contribution in [0.2, 0.25) is 0 Å². The van der Waals surface area contributed by atoms with E-state index in [-0.39, 0.29) is 28.9 Å². The van der Waals surface area contributed by atoms with Crippen molar-refractivity contribution in [3.05, 3.63) is 65.2 Å². The van der Waals surface area contributed by atoms with Crippen LogP contribution in [0, 0.1) is 5.92 Å². The Bertz CT molecular complexity index is 1300. The van der Waals surface area contributed by atoms with Gasteiger partial charge in [0.25, 0.3) is 0 Å². The lowest BCUT2D eigenvalue weighted by Gasteiger charge is -2.42. The number of guanidine groups is 1. The number of amides is 1. The van der Waals surface area contributed by atoms with Gasteiger partial charge in [0.15, 0.2) is 11.0 Å². The van der Waals surface area contributed by atoms with Gasteiger partial charge in [-0.25, -0.2) is 4.98 Å². The fourth-order valence-corrected chi connectivity index (χ4v) is 7.85. The number of nitrogens with zero attached hydrogens (tertiary/aromatic N) is 3. The third-order valence-electron chi connectivity index (χ3n) is 7.38. The minimum absolute atomic E-state index is 0.00810. The number of piperidine rings is 1. The first-order valence-corrected chi connectivity index (χ1v) is 15.1. The van der Waals surface area contributed by atoms with E-state index in [0.717, 1.165) is 29.5 Å². The lowest BCUT2D eigenvalue weighted by molar-refractivity contribution is -0.137. The molecule has 2 fully saturated rings. The van der Waals surface area contributed by atoms with Crippen molar-refractivity contribution in [2.24, 2.45) is 22.4 Å². The molecule has 5 atom stereocenters. The van der Waals surface area contributed by atoms with Crippen molar-refractivity contribution in [1.29, 1.82) is 0 Å². The van der Waals surface area contributed by atoms with Gasteiger partial charge in [0.2, 0.25) is 11.7 Å². The van der Waals surface area contributed by atoms with Crippen LogP contribution in [0.4, 0.5) is 0 Å². The summed E-state index contributed by atoms with van der Waals surface area (Å²) in [6.07, 6.45) is 2.74. The minimum Gasteiger partial charge on any atom is -0.378 e. The van der Waals surface area contributed by atoms with Gasteiger partial charge in [-0.05, 0) is 49.8 Å². The number of thiazole rings is 1. The number of para-hydroxylation sites is 1. The smallest absolute Gasteiger partial charge is 0.238 e. The monoisotopic (exact) mass is 566 g/mol. The highest BCUT2D eigenvalue weighted by Crippen LogP contribution is 2.41. The van der Waals surface area contributed by atoms with Crippen LogP contribution in [0.3, 0.4) is 0 Å². The van der Waals surface area contributed by atoms with Gasteiger partial charge in [-0.2, -0.15) is 0 Å². The Kier molecular flexibility index (Phi) is 8.81. The largest absolute Gasteiger partial charge is 0.378 e. The molecule has 0 bridgehead atoms. The molecule has 2 aliphatic rings. The van der Waals surface area contributed by atoms with Crippen LogP contribution in [0.15, 0.2) is 59.6 Å². The number of aliphatic imine (C=N–C) groups is 1. The first kappa shape index (κ1) is 27.6. The van der Waals surface area contributed by atoms with Crippen molar-refractivity contribution in [2.45, 2.75) is 55.8 Å². The Labute approximate surface area is 236 Å². The molecule has 0 aliphatic carbocycles. The van der Waals surface area contributed by atoms with Crippen molar-refractivity contribution < 1.29 is 14.7 Å². The van der Waals surface area contributed by atoms with E-state index in [9.17, 15) is 14.7 Å². The summed E-state index contributed by atoms with van der Waals surface area (Å²) in [7, 11) is 0. The highest BCUT2D eigenvalue weighted by molar-refractivity contribution is 8.00. The Morgan fingerprint density at radius 1 is 1.13 bits per heavy atom. The van der Waals surface area contributed by atoms with Crippen LogP contribution in [-0.2, 0) is 11.2 Å². The van der Waals surface area contributed by atoms with Gasteiger partial charge in [-0.1, -0.05) is 42.5 Å². The summed E-state index contributed by atoms with van der Waals surface area (Å²) in [5.41, 5.74) is 12.8. The van der Waals surface area contributed by atoms with Gasteiger partial charge in [-0.3, -0.25) is 19.5 Å². The average Bonchev–Trinajstić information content (AvgIpc) is 3.57. The number of Topliss-reactive ketones (excluding diaryl/α,β-unsaturated/α-hetero) is 1. The zero-order valence-corrected chi connectivity index (χ0v) is 23.2. The lowest BCUT2D eigenvalue weighted by Crippen LogP contribution is -2.58. The van der Waals surface area contributed by atoms with E-state index < -0.39 is 18.3 Å². The molecule has 39 heavy (non-hydrogen) atoms. The summed E-state index contributed by atoms with van der Waals surface area (Å²) in [5, 5.41) is 14.8. The lowest BCUT2D eigenvalue weighted by atomic mass is 9.88. The number of rotatable bonds is 10. The summed E-state index contributed by atoms with van der Waals surface area (Å²) in [6, 6.07) is 16.4. The van der Waals surface area contributed by atoms with Crippen molar-refractivity contribution in [1.82, 2.24) is 15.2 Å². The molecule has 206 valence electrons. The fourth-order valence-electron chi connectivity index (χ4n) is 5.41. The van der Waals surface area contributed by atoms with E-state index in [1.807, 2.05) is 47.4 Å². The van der Waals surface area contributed by atoms with E-state index in [4.69, 9.17) is 11.5 Å². The summed E-state index contributed by atoms with van der Waals surface area (Å²) >= 11 is 3.02. The SMILES string of the molecule is NC(N)=NCCCC(NC(=O)[C@@H]1CS[C@H]2CCC(Cc3ccccc3)C(O)N21)C(=O)c1nc2ccccc2s1. The molecule has 0 radical (unpaired) electrons. The number of nitrogens with one attached hydrogen (secondary N) is 1. The number of hydrogen-bond acceptors (Lipinski definition) is 8. The average molecular weight is 567 g/mol. The van der Waals surface area contributed by atoms with E-state index in [1.54, 1.807) is 11.8 Å². The van der Waals surface area contributed by atoms with Gasteiger partial charge >= 0.3 is 0 Å². The van der Waals surface area contributed by atoms with Crippen molar-refractivity contribution in [3.63, 3.8) is 0 Å². The predicted octanol–water partition coefficient (Wildman–Crippen LogP) is 2.73. The third-order valence-corrected chi connectivity index (χ3v) is 9.80. The summed E-state index contributed by atoms with van der Waals surface area (Å²) in [4.78, 5) is 37.7. The fraction of sp³-hybridized carbons (Fsp3) is 0.429. The van der Waals surface area contributed by atoms with Gasteiger partial charge in [0, 0.05) is 18.2 Å². The van der Waals surface area contributed by atoms with Gasteiger partial charge < -0.3 is 21.9 Å². The van der Waals surface area contributed by atoms with E-state index >= 15 is 0 Å². The second kappa shape index (κ2) is 12.5. The van der Waals surface area contributed by atoms with Crippen LogP contribution < -0.4 is 16.8 Å². The molecule has 0 saturated carbocycles. The third kappa shape index (κ3) is 6.43. The number of nitrogens with two attached hydrogens (primary N) is 2. The number of carbonyl (C=O) groups excluding carboxylic acids is 2. The molecule has 3 unspecified atom stereocenters. The number of carbonyl (C=O) groups is 2. The molecular weight excluding hydrogens is 532 g/mol. The summed E-state index contributed by atoms with van der Waals surface area (Å²) in [6.45, 7) is 0.356. The number of thioether (sulfide) groups is 1. The maximum Gasteiger partial charge on any atom is 0.238 e. The normalized spacial score (nSPS) is 23.7. The molecular formula is C28H34N6O3S2. The topological polar surface area (TPSA) is 147 Å².